The Bertz CT molecular complexity index is 740. The lowest BCUT2D eigenvalue weighted by atomic mass is 10.2. The number of rotatable bonds is 3. The maximum absolute atomic E-state index is 11.8. The molecule has 1 fully saturated rings. The van der Waals surface area contributed by atoms with Gasteiger partial charge in [0.1, 0.15) is 10.8 Å². The van der Waals surface area contributed by atoms with Crippen LogP contribution < -0.4 is 5.32 Å². The fraction of sp³-hybridized carbons (Fsp3) is 0.471. The molecule has 1 aliphatic carbocycles. The van der Waals surface area contributed by atoms with Crippen molar-refractivity contribution in [1.29, 1.82) is 0 Å². The summed E-state index contributed by atoms with van der Waals surface area (Å²) in [5, 5.41) is 7.52. The normalized spacial score (nSPS) is 20.0. The molecule has 2 aliphatic rings. The van der Waals surface area contributed by atoms with E-state index in [-0.39, 0.29) is 0 Å². The van der Waals surface area contributed by atoms with Crippen molar-refractivity contribution < 1.29 is 9.53 Å². The molecule has 0 bridgehead atoms. The predicted octanol–water partition coefficient (Wildman–Crippen LogP) is 3.75. The van der Waals surface area contributed by atoms with Crippen LogP contribution in [0.4, 0.5) is 10.5 Å². The third kappa shape index (κ3) is 4.47. The molecule has 2 heterocycles. The number of halogens is 1. The Morgan fingerprint density at radius 2 is 2.25 bits per heavy atom. The summed E-state index contributed by atoms with van der Waals surface area (Å²) in [6, 6.07) is 0. The largest absolute Gasteiger partial charge is 0.444 e. The molecule has 7 heteroatoms. The molecule has 1 N–H and O–H groups in total. The van der Waals surface area contributed by atoms with Crippen LogP contribution in [0.2, 0.25) is 0 Å². The number of ether oxygens (including phenoxy) is 1. The van der Waals surface area contributed by atoms with Crippen molar-refractivity contribution >= 4 is 28.6 Å². The fourth-order valence-corrected chi connectivity index (χ4v) is 2.70. The molecule has 1 atom stereocenters. The van der Waals surface area contributed by atoms with Gasteiger partial charge in [0, 0.05) is 18.7 Å². The van der Waals surface area contributed by atoms with Crippen LogP contribution in [0.25, 0.3) is 0 Å². The SMILES string of the molecule is CC(C)(C)OC(=O)Nc1cnn(CC2=C3CC3CN=C(Cl)C=C2)c1. The molecular formula is C17H21ClN4O2. The maximum Gasteiger partial charge on any atom is 0.412 e. The molecule has 1 unspecified atom stereocenters. The Morgan fingerprint density at radius 3 is 3.00 bits per heavy atom. The summed E-state index contributed by atoms with van der Waals surface area (Å²) in [5.41, 5.74) is 2.70. The predicted molar refractivity (Wildman–Crippen MR) is 94.5 cm³/mol. The Labute approximate surface area is 146 Å². The van der Waals surface area contributed by atoms with Crippen LogP contribution >= 0.6 is 11.6 Å². The van der Waals surface area contributed by atoms with E-state index in [0.717, 1.165) is 13.0 Å². The maximum atomic E-state index is 11.8. The number of carbonyl (C=O) groups is 1. The van der Waals surface area contributed by atoms with Gasteiger partial charge in [-0.1, -0.05) is 23.3 Å². The Hall–Kier alpha value is -2.08. The molecule has 1 aromatic heterocycles. The van der Waals surface area contributed by atoms with Crippen molar-refractivity contribution in [2.75, 3.05) is 11.9 Å². The number of nitrogens with zero attached hydrogens (tertiary/aromatic N) is 3. The first-order valence-corrected chi connectivity index (χ1v) is 8.30. The van der Waals surface area contributed by atoms with Gasteiger partial charge in [0.25, 0.3) is 0 Å². The first-order valence-electron chi connectivity index (χ1n) is 7.92. The van der Waals surface area contributed by atoms with Crippen LogP contribution in [0.3, 0.4) is 0 Å². The minimum atomic E-state index is -0.530. The number of aliphatic imine (C=N–C) groups is 1. The van der Waals surface area contributed by atoms with Crippen molar-refractivity contribution in [3.05, 3.63) is 35.7 Å². The van der Waals surface area contributed by atoms with E-state index < -0.39 is 11.7 Å². The van der Waals surface area contributed by atoms with Crippen LogP contribution in [0.5, 0.6) is 0 Å². The number of amides is 1. The van der Waals surface area contributed by atoms with Crippen molar-refractivity contribution in [3.63, 3.8) is 0 Å². The molecule has 128 valence electrons. The molecule has 1 amide bonds. The summed E-state index contributed by atoms with van der Waals surface area (Å²) >= 11 is 6.02. The van der Waals surface area contributed by atoms with Gasteiger partial charge in [-0.15, -0.1) is 0 Å². The monoisotopic (exact) mass is 348 g/mol. The van der Waals surface area contributed by atoms with Crippen LogP contribution in [-0.2, 0) is 11.3 Å². The molecule has 0 spiro atoms. The van der Waals surface area contributed by atoms with E-state index in [4.69, 9.17) is 16.3 Å². The first-order chi connectivity index (χ1) is 11.3. The molecule has 3 rings (SSSR count). The second-order valence-electron chi connectivity index (χ2n) is 7.00. The fourth-order valence-electron chi connectivity index (χ4n) is 2.57. The average molecular weight is 349 g/mol. The van der Waals surface area contributed by atoms with Gasteiger partial charge >= 0.3 is 6.09 Å². The van der Waals surface area contributed by atoms with E-state index in [0.29, 0.717) is 23.3 Å². The highest BCUT2D eigenvalue weighted by atomic mass is 35.5. The molecule has 0 aromatic carbocycles. The number of anilines is 1. The lowest BCUT2D eigenvalue weighted by Crippen LogP contribution is -2.27. The first kappa shape index (κ1) is 16.8. The number of nitrogens with one attached hydrogen (secondary N) is 1. The average Bonchev–Trinajstić information content (AvgIpc) is 3.09. The van der Waals surface area contributed by atoms with Crippen molar-refractivity contribution in [3.8, 4) is 0 Å². The number of carbonyl (C=O) groups excluding carboxylic acids is 1. The van der Waals surface area contributed by atoms with Gasteiger partial charge < -0.3 is 4.74 Å². The van der Waals surface area contributed by atoms with Crippen molar-refractivity contribution in [2.24, 2.45) is 10.9 Å². The molecule has 0 radical (unpaired) electrons. The standard InChI is InChI=1S/C17H21ClN4O2/c1-17(2,3)24-16(23)21-13-8-20-22(10-13)9-11-4-5-15(18)19-7-12-6-14(11)12/h4-5,8,10,12H,6-7,9H2,1-3H3,(H,21,23). The van der Waals surface area contributed by atoms with E-state index in [2.05, 4.69) is 15.4 Å². The van der Waals surface area contributed by atoms with Crippen LogP contribution in [0, 0.1) is 5.92 Å². The highest BCUT2D eigenvalue weighted by molar-refractivity contribution is 6.68. The molecule has 1 aliphatic heterocycles. The van der Waals surface area contributed by atoms with Gasteiger partial charge in [0.15, 0.2) is 0 Å². The zero-order valence-corrected chi connectivity index (χ0v) is 14.8. The summed E-state index contributed by atoms with van der Waals surface area (Å²) in [6.07, 6.45) is 7.81. The lowest BCUT2D eigenvalue weighted by Gasteiger charge is -2.19. The summed E-state index contributed by atoms with van der Waals surface area (Å²) < 4.78 is 7.02. The lowest BCUT2D eigenvalue weighted by molar-refractivity contribution is 0.0636. The molecule has 0 saturated heterocycles. The Morgan fingerprint density at radius 1 is 1.46 bits per heavy atom. The van der Waals surface area contributed by atoms with Gasteiger partial charge in [-0.2, -0.15) is 5.10 Å². The zero-order chi connectivity index (χ0) is 17.3. The van der Waals surface area contributed by atoms with E-state index in [1.807, 2.05) is 32.9 Å². The minimum Gasteiger partial charge on any atom is -0.444 e. The van der Waals surface area contributed by atoms with Crippen molar-refractivity contribution in [1.82, 2.24) is 9.78 Å². The van der Waals surface area contributed by atoms with Crippen molar-refractivity contribution in [2.45, 2.75) is 39.3 Å². The van der Waals surface area contributed by atoms with Crippen LogP contribution in [0.1, 0.15) is 27.2 Å². The molecule has 6 nitrogen and oxygen atoms in total. The third-order valence-electron chi connectivity index (χ3n) is 3.71. The van der Waals surface area contributed by atoms with E-state index in [1.165, 1.54) is 11.1 Å². The smallest absolute Gasteiger partial charge is 0.412 e. The number of allylic oxidation sites excluding steroid dienone is 3. The molecule has 24 heavy (non-hydrogen) atoms. The number of hydrogen-bond donors (Lipinski definition) is 1. The summed E-state index contributed by atoms with van der Waals surface area (Å²) in [6.45, 7) is 6.87. The highest BCUT2D eigenvalue weighted by Crippen LogP contribution is 2.42. The quantitative estimate of drug-likeness (QED) is 0.904. The Balaban J connectivity index is 1.64. The molecule has 1 aromatic rings. The van der Waals surface area contributed by atoms with E-state index in [1.54, 1.807) is 17.1 Å². The topological polar surface area (TPSA) is 68.5 Å². The van der Waals surface area contributed by atoms with Gasteiger partial charge in [0.05, 0.1) is 18.4 Å². The molecule has 1 saturated carbocycles. The minimum absolute atomic E-state index is 0.486. The molecular weight excluding hydrogens is 328 g/mol. The van der Waals surface area contributed by atoms with Gasteiger partial charge in [-0.25, -0.2) is 4.79 Å². The zero-order valence-electron chi connectivity index (χ0n) is 14.0. The third-order valence-corrected chi connectivity index (χ3v) is 3.95. The number of hydrogen-bond acceptors (Lipinski definition) is 4. The number of fused-ring (bicyclic) bond motifs is 1. The van der Waals surface area contributed by atoms with E-state index in [9.17, 15) is 4.79 Å². The summed E-state index contributed by atoms with van der Waals surface area (Å²) in [5.74, 6) is 0.508. The Kier molecular flexibility index (Phi) is 4.49. The van der Waals surface area contributed by atoms with Gasteiger partial charge in [0.2, 0.25) is 0 Å². The second-order valence-corrected chi connectivity index (χ2v) is 7.39. The number of aromatic nitrogens is 2. The van der Waals surface area contributed by atoms with Crippen LogP contribution in [0.15, 0.2) is 40.7 Å². The second kappa shape index (κ2) is 6.43. The summed E-state index contributed by atoms with van der Waals surface area (Å²) in [4.78, 5) is 16.1. The van der Waals surface area contributed by atoms with Gasteiger partial charge in [-0.3, -0.25) is 15.0 Å². The van der Waals surface area contributed by atoms with Crippen LogP contribution in [-0.4, -0.2) is 33.2 Å². The van der Waals surface area contributed by atoms with E-state index >= 15 is 0 Å². The van der Waals surface area contributed by atoms with Gasteiger partial charge in [-0.05, 0) is 38.8 Å². The highest BCUT2D eigenvalue weighted by Gasteiger charge is 2.32. The summed E-state index contributed by atoms with van der Waals surface area (Å²) in [7, 11) is 0.